The number of nitrogens with zero attached hydrogens (tertiary/aromatic N) is 2. The molecule has 1 aliphatic rings. The topological polar surface area (TPSA) is 56.1 Å². The van der Waals surface area contributed by atoms with Crippen LogP contribution in [0.4, 0.5) is 0 Å². The number of thioether (sulfide) groups is 1. The van der Waals surface area contributed by atoms with Crippen LogP contribution >= 0.6 is 24.0 Å². The summed E-state index contributed by atoms with van der Waals surface area (Å²) < 4.78 is 8.16. The molecule has 3 aromatic rings. The van der Waals surface area contributed by atoms with Gasteiger partial charge in [0.25, 0.3) is 5.91 Å². The molecule has 0 bridgehead atoms. The molecule has 1 aliphatic heterocycles. The number of para-hydroxylation sites is 1. The number of amides is 1. The zero-order valence-electron chi connectivity index (χ0n) is 16.5. The van der Waals surface area contributed by atoms with Crippen molar-refractivity contribution in [2.75, 3.05) is 6.61 Å². The highest BCUT2D eigenvalue weighted by atomic mass is 32.2. The molecule has 0 unspecified atom stereocenters. The molecule has 0 atom stereocenters. The van der Waals surface area contributed by atoms with Crippen LogP contribution in [0.3, 0.4) is 0 Å². The second-order valence-corrected chi connectivity index (χ2v) is 8.51. The van der Waals surface area contributed by atoms with Crippen LogP contribution in [0, 0.1) is 0 Å². The lowest BCUT2D eigenvalue weighted by Crippen LogP contribution is -2.17. The Morgan fingerprint density at radius 1 is 1.20 bits per heavy atom. The molecule has 0 saturated carbocycles. The molecule has 1 N–H and O–H groups in total. The lowest BCUT2D eigenvalue weighted by Gasteiger charge is -2.07. The molecule has 2 heterocycles. The van der Waals surface area contributed by atoms with Gasteiger partial charge in [0, 0.05) is 17.3 Å². The van der Waals surface area contributed by atoms with Gasteiger partial charge in [-0.15, -0.1) is 0 Å². The van der Waals surface area contributed by atoms with Gasteiger partial charge in [-0.2, -0.15) is 5.10 Å². The van der Waals surface area contributed by atoms with E-state index >= 15 is 0 Å². The summed E-state index contributed by atoms with van der Waals surface area (Å²) in [6, 6.07) is 17.8. The Morgan fingerprint density at radius 3 is 2.77 bits per heavy atom. The molecule has 1 saturated heterocycles. The van der Waals surface area contributed by atoms with Gasteiger partial charge in [0.2, 0.25) is 0 Å². The molecular formula is C23H21N3O2S2. The molecule has 0 aliphatic carbocycles. The smallest absolute Gasteiger partial charge is 0.263 e. The lowest BCUT2D eigenvalue weighted by molar-refractivity contribution is -0.115. The van der Waals surface area contributed by atoms with Gasteiger partial charge < -0.3 is 10.1 Å². The molecule has 5 nitrogen and oxygen atoms in total. The Bertz CT molecular complexity index is 1110. The van der Waals surface area contributed by atoms with Gasteiger partial charge in [0.15, 0.2) is 0 Å². The Hall–Kier alpha value is -2.90. The van der Waals surface area contributed by atoms with Crippen molar-refractivity contribution in [1.29, 1.82) is 0 Å². The van der Waals surface area contributed by atoms with E-state index in [1.54, 1.807) is 0 Å². The monoisotopic (exact) mass is 435 g/mol. The van der Waals surface area contributed by atoms with E-state index in [1.165, 1.54) is 11.8 Å². The highest BCUT2D eigenvalue weighted by Gasteiger charge is 2.23. The highest BCUT2D eigenvalue weighted by molar-refractivity contribution is 8.26. The molecule has 1 amide bonds. The number of nitrogens with one attached hydrogen (secondary N) is 1. The summed E-state index contributed by atoms with van der Waals surface area (Å²) in [6.07, 6.45) is 5.86. The number of unbranched alkanes of at least 4 members (excludes halogenated alkanes) is 1. The van der Waals surface area contributed by atoms with Gasteiger partial charge in [-0.1, -0.05) is 67.7 Å². The fraction of sp³-hybridized carbons (Fsp3) is 0.174. The maximum absolute atomic E-state index is 12.2. The summed E-state index contributed by atoms with van der Waals surface area (Å²) in [5.41, 5.74) is 3.49. The first-order valence-electron chi connectivity index (χ1n) is 9.77. The SMILES string of the molecule is CCCCOc1cccc(-c2nn(-c3ccccc3)cc2C=C2SC(=S)NC2=O)c1. The van der Waals surface area contributed by atoms with Gasteiger partial charge in [-0.25, -0.2) is 4.68 Å². The van der Waals surface area contributed by atoms with E-state index in [9.17, 15) is 4.79 Å². The number of hydrogen-bond donors (Lipinski definition) is 1. The van der Waals surface area contributed by atoms with Crippen LogP contribution in [0.2, 0.25) is 0 Å². The van der Waals surface area contributed by atoms with E-state index in [-0.39, 0.29) is 5.91 Å². The van der Waals surface area contributed by atoms with E-state index < -0.39 is 0 Å². The second-order valence-electron chi connectivity index (χ2n) is 6.80. The van der Waals surface area contributed by atoms with Crippen molar-refractivity contribution < 1.29 is 9.53 Å². The van der Waals surface area contributed by atoms with Crippen molar-refractivity contribution in [2.45, 2.75) is 19.8 Å². The van der Waals surface area contributed by atoms with Crippen molar-refractivity contribution in [3.05, 3.63) is 71.3 Å². The largest absolute Gasteiger partial charge is 0.494 e. The summed E-state index contributed by atoms with van der Waals surface area (Å²) >= 11 is 6.38. The molecule has 0 spiro atoms. The van der Waals surface area contributed by atoms with Crippen LogP contribution in [0.15, 0.2) is 65.7 Å². The van der Waals surface area contributed by atoms with Crippen LogP contribution in [-0.2, 0) is 4.79 Å². The van der Waals surface area contributed by atoms with Crippen LogP contribution in [0.1, 0.15) is 25.3 Å². The maximum atomic E-state index is 12.2. The maximum Gasteiger partial charge on any atom is 0.263 e. The number of benzene rings is 2. The van der Waals surface area contributed by atoms with Crippen molar-refractivity contribution in [3.8, 4) is 22.7 Å². The number of carbonyl (C=O) groups is 1. The van der Waals surface area contributed by atoms with Crippen LogP contribution in [0.25, 0.3) is 23.0 Å². The van der Waals surface area contributed by atoms with E-state index in [4.69, 9.17) is 22.1 Å². The van der Waals surface area contributed by atoms with Gasteiger partial charge >= 0.3 is 0 Å². The second kappa shape index (κ2) is 9.28. The minimum absolute atomic E-state index is 0.180. The minimum atomic E-state index is -0.180. The van der Waals surface area contributed by atoms with Crippen molar-refractivity contribution in [1.82, 2.24) is 15.1 Å². The molecule has 2 aromatic carbocycles. The fourth-order valence-corrected chi connectivity index (χ4v) is 4.10. The summed E-state index contributed by atoms with van der Waals surface area (Å²) in [6.45, 7) is 2.82. The van der Waals surface area contributed by atoms with E-state index in [2.05, 4.69) is 12.2 Å². The van der Waals surface area contributed by atoms with Crippen LogP contribution < -0.4 is 10.1 Å². The third-order valence-electron chi connectivity index (χ3n) is 4.57. The van der Waals surface area contributed by atoms with Crippen molar-refractivity contribution in [3.63, 3.8) is 0 Å². The zero-order chi connectivity index (χ0) is 20.9. The number of rotatable bonds is 7. The molecule has 4 rings (SSSR count). The average Bonchev–Trinajstić information content (AvgIpc) is 3.32. The summed E-state index contributed by atoms with van der Waals surface area (Å²) in [7, 11) is 0. The summed E-state index contributed by atoms with van der Waals surface area (Å²) in [5.74, 6) is 0.628. The molecule has 1 fully saturated rings. The minimum Gasteiger partial charge on any atom is -0.494 e. The number of carbonyl (C=O) groups excluding carboxylic acids is 1. The lowest BCUT2D eigenvalue weighted by atomic mass is 10.1. The first-order chi connectivity index (χ1) is 14.6. The quantitative estimate of drug-likeness (QED) is 0.314. The van der Waals surface area contributed by atoms with Gasteiger partial charge in [-0.3, -0.25) is 4.79 Å². The van der Waals surface area contributed by atoms with Crippen molar-refractivity contribution >= 4 is 40.3 Å². The normalized spacial score (nSPS) is 14.9. The Morgan fingerprint density at radius 2 is 2.03 bits per heavy atom. The standard InChI is InChI=1S/C23H21N3O2S2/c1-2-3-12-28-19-11-7-8-16(13-19)21-17(14-20-22(27)24-23(29)30-20)15-26(25-21)18-9-5-4-6-10-18/h4-11,13-15H,2-3,12H2,1H3,(H,24,27,29). The van der Waals surface area contributed by atoms with E-state index in [0.29, 0.717) is 15.8 Å². The first-order valence-corrected chi connectivity index (χ1v) is 11.0. The molecule has 7 heteroatoms. The number of ether oxygens (including phenoxy) is 1. The summed E-state index contributed by atoms with van der Waals surface area (Å²) in [5, 5.41) is 7.48. The molecule has 30 heavy (non-hydrogen) atoms. The van der Waals surface area contributed by atoms with E-state index in [1.807, 2.05) is 71.6 Å². The molecule has 1 aromatic heterocycles. The third-order valence-corrected chi connectivity index (χ3v) is 5.73. The Labute approximate surface area is 185 Å². The predicted octanol–water partition coefficient (Wildman–Crippen LogP) is 5.21. The summed E-state index contributed by atoms with van der Waals surface area (Å²) in [4.78, 5) is 12.7. The third kappa shape index (κ3) is 4.63. The molecular weight excluding hydrogens is 414 g/mol. The fourth-order valence-electron chi connectivity index (χ4n) is 3.06. The Balaban J connectivity index is 1.75. The molecule has 152 valence electrons. The predicted molar refractivity (Wildman–Crippen MR) is 126 cm³/mol. The Kier molecular flexibility index (Phi) is 6.30. The highest BCUT2D eigenvalue weighted by Crippen LogP contribution is 2.32. The zero-order valence-corrected chi connectivity index (χ0v) is 18.1. The average molecular weight is 436 g/mol. The number of aromatic nitrogens is 2. The van der Waals surface area contributed by atoms with Gasteiger partial charge in [0.05, 0.1) is 17.2 Å². The van der Waals surface area contributed by atoms with Crippen molar-refractivity contribution in [2.24, 2.45) is 0 Å². The van der Waals surface area contributed by atoms with E-state index in [0.717, 1.165) is 41.1 Å². The van der Waals surface area contributed by atoms with Crippen LogP contribution in [0.5, 0.6) is 5.75 Å². The van der Waals surface area contributed by atoms with Crippen LogP contribution in [-0.4, -0.2) is 26.6 Å². The number of hydrogen-bond acceptors (Lipinski definition) is 5. The van der Waals surface area contributed by atoms with Gasteiger partial charge in [0.1, 0.15) is 15.8 Å². The van der Waals surface area contributed by atoms with Gasteiger partial charge in [-0.05, 0) is 36.8 Å². The molecule has 0 radical (unpaired) electrons. The number of thiocarbonyl (C=S) groups is 1. The first kappa shape index (κ1) is 20.4.